The van der Waals surface area contributed by atoms with E-state index in [1.165, 1.54) is 13.1 Å². The number of thiophene rings is 1. The van der Waals surface area contributed by atoms with E-state index in [0.717, 1.165) is 26.4 Å². The molecule has 0 atom stereocenters. The van der Waals surface area contributed by atoms with Gasteiger partial charge < -0.3 is 5.11 Å². The molecule has 0 spiro atoms. The number of carboxylic acid groups (broad SMARTS) is 1. The van der Waals surface area contributed by atoms with E-state index < -0.39 is 16.0 Å². The summed E-state index contributed by atoms with van der Waals surface area (Å²) >= 11 is 4.03. The minimum absolute atomic E-state index is 0.0349. The van der Waals surface area contributed by atoms with Crippen LogP contribution >= 0.6 is 27.3 Å². The molecule has 3 aromatic rings. The Bertz CT molecular complexity index is 1040. The van der Waals surface area contributed by atoms with E-state index in [1.54, 1.807) is 12.1 Å². The molecule has 0 unspecified atom stereocenters. The molecule has 8 heteroatoms. The van der Waals surface area contributed by atoms with E-state index in [9.17, 15) is 13.2 Å². The highest BCUT2D eigenvalue weighted by molar-refractivity contribution is 9.11. The normalized spacial score (nSPS) is 11.6. The van der Waals surface area contributed by atoms with Crippen LogP contribution in [0.4, 0.5) is 5.69 Å². The zero-order valence-corrected chi connectivity index (χ0v) is 15.7. The molecule has 0 amide bonds. The molecule has 3 rings (SSSR count). The van der Waals surface area contributed by atoms with Gasteiger partial charge in [0.05, 0.1) is 9.47 Å². The standard InChI is InChI=1S/C16H12BrNO4S2/c1-18(12-7-6-10-4-2-3-5-11(10)8-12)24(21,22)14-9-13(16(19)20)23-15(14)17/h2-9H,1H3,(H,19,20). The van der Waals surface area contributed by atoms with Gasteiger partial charge in [-0.05, 0) is 44.9 Å². The third kappa shape index (κ3) is 2.92. The third-order valence-corrected chi connectivity index (χ3v) is 7.63. The predicted molar refractivity (Wildman–Crippen MR) is 98.5 cm³/mol. The molecule has 1 aromatic heterocycles. The second-order valence-electron chi connectivity index (χ2n) is 5.06. The van der Waals surface area contributed by atoms with Crippen LogP contribution in [0, 0.1) is 0 Å². The maximum absolute atomic E-state index is 12.8. The number of halogens is 1. The summed E-state index contributed by atoms with van der Waals surface area (Å²) in [4.78, 5) is 11.0. The molecule has 0 aliphatic heterocycles. The van der Waals surface area contributed by atoms with E-state index in [-0.39, 0.29) is 13.6 Å². The lowest BCUT2D eigenvalue weighted by Crippen LogP contribution is -2.26. The summed E-state index contributed by atoms with van der Waals surface area (Å²) in [6.07, 6.45) is 0. The van der Waals surface area contributed by atoms with Crippen molar-refractivity contribution < 1.29 is 18.3 Å². The van der Waals surface area contributed by atoms with Gasteiger partial charge in [0.25, 0.3) is 10.0 Å². The van der Waals surface area contributed by atoms with Crippen LogP contribution in [0.1, 0.15) is 9.67 Å². The van der Waals surface area contributed by atoms with Crippen molar-refractivity contribution in [3.05, 3.63) is 57.2 Å². The number of anilines is 1. The lowest BCUT2D eigenvalue weighted by Gasteiger charge is -2.19. The molecular weight excluding hydrogens is 414 g/mol. The summed E-state index contributed by atoms with van der Waals surface area (Å²) in [5.74, 6) is -1.16. The van der Waals surface area contributed by atoms with Crippen LogP contribution in [0.5, 0.6) is 0 Å². The van der Waals surface area contributed by atoms with Crippen molar-refractivity contribution >= 4 is 59.7 Å². The maximum Gasteiger partial charge on any atom is 0.345 e. The SMILES string of the molecule is CN(c1ccc2ccccc2c1)S(=O)(=O)c1cc(C(=O)O)sc1Br. The lowest BCUT2D eigenvalue weighted by atomic mass is 10.1. The molecule has 0 aliphatic rings. The second-order valence-corrected chi connectivity index (χ2v) is 9.37. The number of rotatable bonds is 4. The Kier molecular flexibility index (Phi) is 4.37. The van der Waals surface area contributed by atoms with Gasteiger partial charge in [-0.15, -0.1) is 11.3 Å². The fraction of sp³-hybridized carbons (Fsp3) is 0.0625. The average Bonchev–Trinajstić information content (AvgIpc) is 2.96. The number of fused-ring (bicyclic) bond motifs is 1. The zero-order chi connectivity index (χ0) is 17.5. The van der Waals surface area contributed by atoms with Gasteiger partial charge in [-0.1, -0.05) is 30.3 Å². The third-order valence-electron chi connectivity index (χ3n) is 3.60. The topological polar surface area (TPSA) is 74.7 Å². The minimum Gasteiger partial charge on any atom is -0.477 e. The Morgan fingerprint density at radius 1 is 1.12 bits per heavy atom. The first kappa shape index (κ1) is 16.9. The summed E-state index contributed by atoms with van der Waals surface area (Å²) < 4.78 is 27.1. The zero-order valence-electron chi connectivity index (χ0n) is 12.4. The van der Waals surface area contributed by atoms with Crippen LogP contribution in [0.15, 0.2) is 57.2 Å². The highest BCUT2D eigenvalue weighted by Crippen LogP contribution is 2.35. The van der Waals surface area contributed by atoms with Crippen LogP contribution in [0.2, 0.25) is 0 Å². The molecule has 0 aliphatic carbocycles. The Morgan fingerprint density at radius 2 is 1.79 bits per heavy atom. The van der Waals surface area contributed by atoms with Crippen LogP contribution in [0.25, 0.3) is 10.8 Å². The quantitative estimate of drug-likeness (QED) is 0.679. The fourth-order valence-electron chi connectivity index (χ4n) is 2.29. The summed E-state index contributed by atoms with van der Waals surface area (Å²) in [6, 6.07) is 14.2. The van der Waals surface area contributed by atoms with Crippen LogP contribution in [-0.2, 0) is 10.0 Å². The smallest absolute Gasteiger partial charge is 0.345 e. The molecular formula is C16H12BrNO4S2. The molecule has 0 radical (unpaired) electrons. The summed E-state index contributed by atoms with van der Waals surface area (Å²) in [5, 5.41) is 11.0. The van der Waals surface area contributed by atoms with Crippen molar-refractivity contribution in [3.63, 3.8) is 0 Å². The highest BCUT2D eigenvalue weighted by atomic mass is 79.9. The lowest BCUT2D eigenvalue weighted by molar-refractivity contribution is 0.0702. The van der Waals surface area contributed by atoms with E-state index in [4.69, 9.17) is 5.11 Å². The Morgan fingerprint density at radius 3 is 2.42 bits per heavy atom. The Labute approximate surface area is 151 Å². The Balaban J connectivity index is 2.06. The number of hydrogen-bond donors (Lipinski definition) is 1. The van der Waals surface area contributed by atoms with Gasteiger partial charge in [0.1, 0.15) is 9.77 Å². The van der Waals surface area contributed by atoms with Crippen molar-refractivity contribution in [2.45, 2.75) is 4.90 Å². The molecule has 0 saturated heterocycles. The largest absolute Gasteiger partial charge is 0.477 e. The highest BCUT2D eigenvalue weighted by Gasteiger charge is 2.27. The number of hydrogen-bond acceptors (Lipinski definition) is 4. The number of benzene rings is 2. The number of sulfonamides is 1. The predicted octanol–water partition coefficient (Wildman–Crippen LogP) is 4.19. The molecule has 0 bridgehead atoms. The van der Waals surface area contributed by atoms with Crippen molar-refractivity contribution in [2.75, 3.05) is 11.4 Å². The minimum atomic E-state index is -3.87. The summed E-state index contributed by atoms with van der Waals surface area (Å²) in [7, 11) is -2.42. The van der Waals surface area contributed by atoms with E-state index in [2.05, 4.69) is 15.9 Å². The van der Waals surface area contributed by atoms with Crippen LogP contribution in [0.3, 0.4) is 0 Å². The summed E-state index contributed by atoms with van der Waals surface area (Å²) in [5.41, 5.74) is 0.503. The second kappa shape index (κ2) is 6.19. The molecule has 24 heavy (non-hydrogen) atoms. The van der Waals surface area contributed by atoms with Gasteiger partial charge in [0.15, 0.2) is 0 Å². The first-order valence-corrected chi connectivity index (χ1v) is 9.86. The van der Waals surface area contributed by atoms with Gasteiger partial charge in [-0.3, -0.25) is 4.31 Å². The first-order valence-electron chi connectivity index (χ1n) is 6.81. The molecule has 0 fully saturated rings. The molecule has 1 N–H and O–H groups in total. The Hall–Kier alpha value is -1.90. The molecule has 2 aromatic carbocycles. The first-order chi connectivity index (χ1) is 11.3. The van der Waals surface area contributed by atoms with Crippen molar-refractivity contribution in [2.24, 2.45) is 0 Å². The van der Waals surface area contributed by atoms with Crippen molar-refractivity contribution in [1.82, 2.24) is 0 Å². The number of aromatic carboxylic acids is 1. The monoisotopic (exact) mass is 425 g/mol. The average molecular weight is 426 g/mol. The molecule has 124 valence electrons. The van der Waals surface area contributed by atoms with Crippen molar-refractivity contribution in [3.8, 4) is 0 Å². The van der Waals surface area contributed by atoms with Gasteiger partial charge in [-0.25, -0.2) is 13.2 Å². The van der Waals surface area contributed by atoms with E-state index in [0.29, 0.717) is 5.69 Å². The molecule has 1 heterocycles. The van der Waals surface area contributed by atoms with Crippen LogP contribution < -0.4 is 4.31 Å². The van der Waals surface area contributed by atoms with Gasteiger partial charge in [-0.2, -0.15) is 0 Å². The number of carboxylic acids is 1. The van der Waals surface area contributed by atoms with E-state index in [1.807, 2.05) is 30.3 Å². The maximum atomic E-state index is 12.8. The number of nitrogens with zero attached hydrogens (tertiary/aromatic N) is 1. The van der Waals surface area contributed by atoms with E-state index >= 15 is 0 Å². The summed E-state index contributed by atoms with van der Waals surface area (Å²) in [6.45, 7) is 0. The van der Waals surface area contributed by atoms with Gasteiger partial charge in [0, 0.05) is 7.05 Å². The van der Waals surface area contributed by atoms with Gasteiger partial charge >= 0.3 is 5.97 Å². The molecule has 0 saturated carbocycles. The molecule has 5 nitrogen and oxygen atoms in total. The fourth-order valence-corrected chi connectivity index (χ4v) is 5.83. The van der Waals surface area contributed by atoms with Crippen LogP contribution in [-0.4, -0.2) is 26.5 Å². The van der Waals surface area contributed by atoms with Crippen molar-refractivity contribution in [1.29, 1.82) is 0 Å². The van der Waals surface area contributed by atoms with Gasteiger partial charge in [0.2, 0.25) is 0 Å². The number of carbonyl (C=O) groups is 1.